The number of hydrogen-bond donors (Lipinski definition) is 0. The maximum absolute atomic E-state index is 12.5. The minimum atomic E-state index is -0.899. The van der Waals surface area contributed by atoms with E-state index in [1.165, 1.54) is 67.6 Å². The summed E-state index contributed by atoms with van der Waals surface area (Å²) in [6.45, 7) is 5.08. The molecule has 0 fully saturated rings. The molecule has 220 valence electrons. The van der Waals surface area contributed by atoms with Crippen LogP contribution in [0, 0.1) is 6.92 Å². The van der Waals surface area contributed by atoms with E-state index in [0.29, 0.717) is 30.6 Å². The highest BCUT2D eigenvalue weighted by atomic mass is 16.7. The second-order valence-electron chi connectivity index (χ2n) is 8.83. The molecule has 0 aliphatic carbocycles. The van der Waals surface area contributed by atoms with Crippen LogP contribution in [-0.2, 0) is 19.1 Å². The van der Waals surface area contributed by atoms with Crippen molar-refractivity contribution in [3.63, 3.8) is 0 Å². The Morgan fingerprint density at radius 2 is 1.12 bits per heavy atom. The van der Waals surface area contributed by atoms with E-state index in [-0.39, 0.29) is 47.6 Å². The number of hydrogen-bond acceptors (Lipinski definition) is 11. The predicted octanol–water partition coefficient (Wildman–Crippen LogP) is 5.61. The molecule has 0 aromatic heterocycles. The average Bonchev–Trinajstić information content (AvgIpc) is 2.96. The number of benzene rings is 3. The monoisotopic (exact) mass is 578 g/mol. The van der Waals surface area contributed by atoms with Crippen LogP contribution in [-0.4, -0.2) is 43.2 Å². The van der Waals surface area contributed by atoms with E-state index in [1.54, 1.807) is 19.9 Å². The van der Waals surface area contributed by atoms with Crippen molar-refractivity contribution in [1.82, 2.24) is 0 Å². The molecule has 0 saturated carbocycles. The Balaban J connectivity index is 1.44. The molecule has 3 aromatic carbocycles. The predicted molar refractivity (Wildman–Crippen MR) is 148 cm³/mol. The molecule has 42 heavy (non-hydrogen) atoms. The van der Waals surface area contributed by atoms with Crippen LogP contribution < -0.4 is 18.9 Å². The van der Waals surface area contributed by atoms with Crippen molar-refractivity contribution < 1.29 is 52.4 Å². The fourth-order valence-electron chi connectivity index (χ4n) is 3.38. The van der Waals surface area contributed by atoms with Crippen LogP contribution in [0.2, 0.25) is 0 Å². The van der Waals surface area contributed by atoms with Gasteiger partial charge in [0.15, 0.2) is 0 Å². The maximum Gasteiger partial charge on any atom is 0.513 e. The van der Waals surface area contributed by atoms with Crippen LogP contribution in [0.5, 0.6) is 23.0 Å². The molecule has 0 atom stereocenters. The lowest BCUT2D eigenvalue weighted by Crippen LogP contribution is -2.13. The van der Waals surface area contributed by atoms with E-state index >= 15 is 0 Å². The van der Waals surface area contributed by atoms with E-state index in [0.717, 1.165) is 0 Å². The molecular formula is C31H30O11. The molecule has 0 aliphatic rings. The lowest BCUT2D eigenvalue weighted by molar-refractivity contribution is -0.143. The molecule has 0 spiro atoms. The molecule has 0 N–H and O–H groups in total. The van der Waals surface area contributed by atoms with Crippen molar-refractivity contribution >= 4 is 30.0 Å². The van der Waals surface area contributed by atoms with Gasteiger partial charge in [-0.3, -0.25) is 9.59 Å². The zero-order valence-corrected chi connectivity index (χ0v) is 23.4. The summed E-state index contributed by atoms with van der Waals surface area (Å²) >= 11 is 0. The van der Waals surface area contributed by atoms with Gasteiger partial charge in [0.2, 0.25) is 0 Å². The number of unbranched alkanes of at least 4 members (excludes halogenated alkanes) is 1. The Hall–Kier alpha value is -5.19. The van der Waals surface area contributed by atoms with E-state index in [4.69, 9.17) is 28.4 Å². The molecule has 11 heteroatoms. The van der Waals surface area contributed by atoms with Gasteiger partial charge in [-0.1, -0.05) is 6.92 Å². The van der Waals surface area contributed by atoms with Crippen molar-refractivity contribution in [2.75, 3.05) is 13.2 Å². The summed E-state index contributed by atoms with van der Waals surface area (Å²) in [4.78, 5) is 59.0. The summed E-state index contributed by atoms with van der Waals surface area (Å²) in [6.07, 6.45) is 0.468. The molecule has 0 amide bonds. The molecular weight excluding hydrogens is 548 g/mol. The van der Waals surface area contributed by atoms with Crippen LogP contribution in [0.3, 0.4) is 0 Å². The minimum Gasteiger partial charge on any atom is -0.466 e. The first-order chi connectivity index (χ1) is 20.1. The summed E-state index contributed by atoms with van der Waals surface area (Å²) in [7, 11) is 0. The van der Waals surface area contributed by atoms with Gasteiger partial charge in [0, 0.05) is 13.3 Å². The molecule has 0 unspecified atom stereocenters. The van der Waals surface area contributed by atoms with Gasteiger partial charge in [-0.25, -0.2) is 14.4 Å². The number of aryl methyl sites for hydroxylation is 1. The lowest BCUT2D eigenvalue weighted by atomic mass is 10.2. The third-order valence-electron chi connectivity index (χ3n) is 5.51. The van der Waals surface area contributed by atoms with Gasteiger partial charge in [0.05, 0.1) is 24.3 Å². The van der Waals surface area contributed by atoms with Crippen molar-refractivity contribution in [3.05, 3.63) is 83.4 Å². The Morgan fingerprint density at radius 1 is 0.619 bits per heavy atom. The van der Waals surface area contributed by atoms with Gasteiger partial charge < -0.3 is 28.4 Å². The Morgan fingerprint density at radius 3 is 1.64 bits per heavy atom. The van der Waals surface area contributed by atoms with E-state index < -0.39 is 24.1 Å². The normalized spacial score (nSPS) is 10.3. The zero-order chi connectivity index (χ0) is 30.5. The molecule has 3 aromatic rings. The smallest absolute Gasteiger partial charge is 0.466 e. The Kier molecular flexibility index (Phi) is 11.6. The number of rotatable bonds is 12. The van der Waals surface area contributed by atoms with Crippen LogP contribution in [0.25, 0.3) is 0 Å². The minimum absolute atomic E-state index is 0.105. The largest absolute Gasteiger partial charge is 0.513 e. The van der Waals surface area contributed by atoms with E-state index in [2.05, 4.69) is 0 Å². The van der Waals surface area contributed by atoms with Crippen molar-refractivity contribution in [2.45, 2.75) is 40.0 Å². The molecule has 0 aliphatic heterocycles. The van der Waals surface area contributed by atoms with Crippen LogP contribution in [0.4, 0.5) is 4.79 Å². The first kappa shape index (κ1) is 31.3. The standard InChI is InChI=1S/C31H30O11/c1-4-28(33)37-17-5-6-18-38-31(36)42-25-13-9-22(10-14-25)29(34)40-24-11-7-23(8-12-24)30(35)41-26-15-16-27(20(2)19-26)39-21(3)32/h7-16,19H,4-6,17-18H2,1-3H3. The molecule has 0 heterocycles. The summed E-state index contributed by atoms with van der Waals surface area (Å²) in [6, 6.07) is 16.1. The van der Waals surface area contributed by atoms with Crippen molar-refractivity contribution in [2.24, 2.45) is 0 Å². The SMILES string of the molecule is CCC(=O)OCCCCOC(=O)Oc1ccc(C(=O)Oc2ccc(C(=O)Oc3ccc(OC(C)=O)c(C)c3)cc2)cc1. The van der Waals surface area contributed by atoms with Gasteiger partial charge in [0.1, 0.15) is 23.0 Å². The summed E-state index contributed by atoms with van der Waals surface area (Å²) in [5, 5.41) is 0. The van der Waals surface area contributed by atoms with Crippen LogP contribution in [0.1, 0.15) is 59.4 Å². The Bertz CT molecular complexity index is 1410. The second kappa shape index (κ2) is 15.6. The van der Waals surface area contributed by atoms with Gasteiger partial charge in [-0.2, -0.15) is 0 Å². The second-order valence-corrected chi connectivity index (χ2v) is 8.83. The topological polar surface area (TPSA) is 141 Å². The highest BCUT2D eigenvalue weighted by molar-refractivity contribution is 5.92. The summed E-state index contributed by atoms with van der Waals surface area (Å²) < 4.78 is 30.8. The summed E-state index contributed by atoms with van der Waals surface area (Å²) in [5.74, 6) is -1.00. The quantitative estimate of drug-likeness (QED) is 0.115. The molecule has 0 saturated heterocycles. The first-order valence-electron chi connectivity index (χ1n) is 13.1. The zero-order valence-electron chi connectivity index (χ0n) is 23.4. The first-order valence-corrected chi connectivity index (χ1v) is 13.1. The summed E-state index contributed by atoms with van der Waals surface area (Å²) in [5.41, 5.74) is 1.05. The van der Waals surface area contributed by atoms with Gasteiger partial charge in [0.25, 0.3) is 0 Å². The number of carbonyl (C=O) groups is 5. The van der Waals surface area contributed by atoms with Gasteiger partial charge in [-0.15, -0.1) is 0 Å². The molecule has 11 nitrogen and oxygen atoms in total. The van der Waals surface area contributed by atoms with Gasteiger partial charge >= 0.3 is 30.0 Å². The third-order valence-corrected chi connectivity index (χ3v) is 5.51. The van der Waals surface area contributed by atoms with Crippen LogP contribution >= 0.6 is 0 Å². The van der Waals surface area contributed by atoms with Crippen molar-refractivity contribution in [3.8, 4) is 23.0 Å². The molecule has 0 radical (unpaired) electrons. The fraction of sp³-hybridized carbons (Fsp3) is 0.258. The number of carbonyl (C=O) groups excluding carboxylic acids is 5. The Labute approximate surface area is 242 Å². The van der Waals surface area contributed by atoms with E-state index in [1.807, 2.05) is 0 Å². The number of esters is 4. The molecule has 3 rings (SSSR count). The van der Waals surface area contributed by atoms with E-state index in [9.17, 15) is 24.0 Å². The fourth-order valence-corrected chi connectivity index (χ4v) is 3.38. The highest BCUT2D eigenvalue weighted by Crippen LogP contribution is 2.25. The number of ether oxygens (including phenoxy) is 6. The lowest BCUT2D eigenvalue weighted by Gasteiger charge is -2.09. The van der Waals surface area contributed by atoms with Crippen molar-refractivity contribution in [1.29, 1.82) is 0 Å². The molecule has 0 bridgehead atoms. The third kappa shape index (κ3) is 10.1. The van der Waals surface area contributed by atoms with Crippen LogP contribution in [0.15, 0.2) is 66.7 Å². The maximum atomic E-state index is 12.5. The highest BCUT2D eigenvalue weighted by Gasteiger charge is 2.14. The van der Waals surface area contributed by atoms with Gasteiger partial charge in [-0.05, 0) is 92.1 Å². The average molecular weight is 579 g/mol.